The number of aryl methyl sites for hydroxylation is 2. The number of non-ortho nitro benzene ring substituents is 1. The summed E-state index contributed by atoms with van der Waals surface area (Å²) in [7, 11) is 0. The lowest BCUT2D eigenvalue weighted by atomic mass is 10.1. The molecule has 0 aliphatic carbocycles. The molecule has 140 valence electrons. The second-order valence-electron chi connectivity index (χ2n) is 5.68. The van der Waals surface area contributed by atoms with Gasteiger partial charge in [-0.25, -0.2) is 5.43 Å². The lowest BCUT2D eigenvalue weighted by Gasteiger charge is -2.11. The first kappa shape index (κ1) is 20.3. The molecule has 0 spiro atoms. The fourth-order valence-electron chi connectivity index (χ4n) is 2.31. The van der Waals surface area contributed by atoms with Crippen molar-refractivity contribution in [1.29, 1.82) is 0 Å². The number of allylic oxidation sites excluding steroid dienone is 1. The maximum atomic E-state index is 11.8. The fraction of sp³-hybridized carbons (Fsp3) is 0.158. The number of nitro groups is 1. The van der Waals surface area contributed by atoms with Crippen LogP contribution in [0.5, 0.6) is 5.75 Å². The smallest absolute Gasteiger partial charge is 0.277 e. The van der Waals surface area contributed by atoms with E-state index in [0.717, 1.165) is 21.2 Å². The summed E-state index contributed by atoms with van der Waals surface area (Å²) < 4.78 is 6.52. The van der Waals surface area contributed by atoms with Crippen LogP contribution in [0.25, 0.3) is 6.08 Å². The minimum absolute atomic E-state index is 0.0318. The van der Waals surface area contributed by atoms with Gasteiger partial charge in [0.15, 0.2) is 6.61 Å². The summed E-state index contributed by atoms with van der Waals surface area (Å²) >= 11 is 3.41. The highest BCUT2D eigenvalue weighted by atomic mass is 79.9. The zero-order valence-electron chi connectivity index (χ0n) is 14.8. The topological polar surface area (TPSA) is 93.8 Å². The first-order chi connectivity index (χ1) is 12.9. The fourth-order valence-corrected chi connectivity index (χ4v) is 3.00. The van der Waals surface area contributed by atoms with Crippen molar-refractivity contribution in [2.75, 3.05) is 6.61 Å². The predicted octanol–water partition coefficient (Wildman–Crippen LogP) is 4.17. The predicted molar refractivity (Wildman–Crippen MR) is 108 cm³/mol. The van der Waals surface area contributed by atoms with Crippen LogP contribution in [0.15, 0.2) is 52.0 Å². The van der Waals surface area contributed by atoms with Crippen LogP contribution in [0.1, 0.15) is 16.7 Å². The van der Waals surface area contributed by atoms with Gasteiger partial charge in [-0.15, -0.1) is 0 Å². The van der Waals surface area contributed by atoms with Crippen LogP contribution in [0.2, 0.25) is 0 Å². The second-order valence-corrected chi connectivity index (χ2v) is 6.59. The maximum Gasteiger partial charge on any atom is 0.277 e. The number of ether oxygens (including phenoxy) is 1. The van der Waals surface area contributed by atoms with E-state index in [1.54, 1.807) is 24.3 Å². The average Bonchev–Trinajstić information content (AvgIpc) is 2.61. The largest absolute Gasteiger partial charge is 0.483 e. The minimum Gasteiger partial charge on any atom is -0.483 e. The molecule has 0 atom stereocenters. The average molecular weight is 432 g/mol. The molecular formula is C19H18BrN3O4. The molecule has 0 fully saturated rings. The summed E-state index contributed by atoms with van der Waals surface area (Å²) in [5, 5.41) is 14.4. The van der Waals surface area contributed by atoms with Crippen LogP contribution in [-0.4, -0.2) is 23.7 Å². The number of amides is 1. The van der Waals surface area contributed by atoms with Gasteiger partial charge in [0.2, 0.25) is 0 Å². The molecule has 1 amide bonds. The number of hydrogen-bond acceptors (Lipinski definition) is 5. The van der Waals surface area contributed by atoms with Gasteiger partial charge in [-0.05, 0) is 60.9 Å². The molecule has 0 saturated heterocycles. The molecule has 0 aromatic heterocycles. The molecule has 0 saturated carbocycles. The number of nitrogens with one attached hydrogen (secondary N) is 1. The van der Waals surface area contributed by atoms with E-state index in [0.29, 0.717) is 5.75 Å². The third-order valence-electron chi connectivity index (χ3n) is 3.52. The van der Waals surface area contributed by atoms with E-state index >= 15 is 0 Å². The number of benzene rings is 2. The van der Waals surface area contributed by atoms with Crippen LogP contribution in [-0.2, 0) is 4.79 Å². The van der Waals surface area contributed by atoms with Crippen molar-refractivity contribution in [2.45, 2.75) is 13.8 Å². The standard InChI is InChI=1S/C19H18BrN3O4/c1-13-10-16(20)11-14(2)19(13)27-12-18(24)22-21-9-3-4-15-5-7-17(8-6-15)23(25)26/h3-11H,12H2,1-2H3,(H,22,24)/b4-3+,21-9+. The molecule has 0 bridgehead atoms. The molecule has 0 radical (unpaired) electrons. The Balaban J connectivity index is 1.80. The third kappa shape index (κ3) is 6.34. The normalized spacial score (nSPS) is 11.1. The highest BCUT2D eigenvalue weighted by molar-refractivity contribution is 9.10. The number of carbonyl (C=O) groups is 1. The summed E-state index contributed by atoms with van der Waals surface area (Å²) in [5.41, 5.74) is 5.05. The van der Waals surface area contributed by atoms with Gasteiger partial charge in [-0.3, -0.25) is 14.9 Å². The SMILES string of the molecule is Cc1cc(Br)cc(C)c1OCC(=O)N/N=C/C=C/c1ccc([N+](=O)[O-])cc1. The first-order valence-electron chi connectivity index (χ1n) is 7.99. The van der Waals surface area contributed by atoms with Gasteiger partial charge >= 0.3 is 0 Å². The molecule has 1 N–H and O–H groups in total. The molecule has 0 unspecified atom stereocenters. The van der Waals surface area contributed by atoms with Gasteiger partial charge in [0.1, 0.15) is 5.75 Å². The number of nitrogens with zero attached hydrogens (tertiary/aromatic N) is 2. The Bertz CT molecular complexity index is 869. The van der Waals surface area contributed by atoms with Crippen molar-refractivity contribution < 1.29 is 14.5 Å². The first-order valence-corrected chi connectivity index (χ1v) is 8.78. The molecule has 0 aliphatic rings. The molecule has 2 rings (SSSR count). The van der Waals surface area contributed by atoms with Gasteiger partial charge in [-0.1, -0.05) is 22.0 Å². The van der Waals surface area contributed by atoms with E-state index < -0.39 is 4.92 Å². The van der Waals surface area contributed by atoms with Gasteiger partial charge in [-0.2, -0.15) is 5.10 Å². The van der Waals surface area contributed by atoms with Crippen molar-refractivity contribution in [1.82, 2.24) is 5.43 Å². The Kier molecular flexibility index (Phi) is 7.25. The number of hydrogen-bond donors (Lipinski definition) is 1. The van der Waals surface area contributed by atoms with E-state index in [1.165, 1.54) is 18.3 Å². The van der Waals surface area contributed by atoms with Gasteiger partial charge in [0.05, 0.1) is 4.92 Å². The number of carbonyl (C=O) groups excluding carboxylic acids is 1. The number of halogens is 1. The Hall–Kier alpha value is -3.00. The summed E-state index contributed by atoms with van der Waals surface area (Å²) in [5.74, 6) is 0.298. The van der Waals surface area contributed by atoms with E-state index in [1.807, 2.05) is 26.0 Å². The molecular weight excluding hydrogens is 414 g/mol. The molecule has 27 heavy (non-hydrogen) atoms. The Morgan fingerprint density at radius 2 is 1.89 bits per heavy atom. The lowest BCUT2D eigenvalue weighted by Crippen LogP contribution is -2.24. The van der Waals surface area contributed by atoms with E-state index in [2.05, 4.69) is 26.5 Å². The molecule has 7 nitrogen and oxygen atoms in total. The number of nitro benzene ring substituents is 1. The van der Waals surface area contributed by atoms with Crippen molar-refractivity contribution in [2.24, 2.45) is 5.10 Å². The Labute approximate surface area is 165 Å². The molecule has 8 heteroatoms. The zero-order valence-corrected chi connectivity index (χ0v) is 16.4. The lowest BCUT2D eigenvalue weighted by molar-refractivity contribution is -0.384. The molecule has 0 heterocycles. The number of rotatable bonds is 7. The van der Waals surface area contributed by atoms with Crippen LogP contribution < -0.4 is 10.2 Å². The summed E-state index contributed by atoms with van der Waals surface area (Å²) in [4.78, 5) is 21.9. The van der Waals surface area contributed by atoms with Crippen LogP contribution >= 0.6 is 15.9 Å². The summed E-state index contributed by atoms with van der Waals surface area (Å²) in [6, 6.07) is 9.92. The van der Waals surface area contributed by atoms with Crippen LogP contribution in [0, 0.1) is 24.0 Å². The van der Waals surface area contributed by atoms with E-state index in [-0.39, 0.29) is 18.2 Å². The summed E-state index contributed by atoms with van der Waals surface area (Å²) in [6.07, 6.45) is 4.74. The Morgan fingerprint density at radius 3 is 2.48 bits per heavy atom. The van der Waals surface area contributed by atoms with Crippen LogP contribution in [0.4, 0.5) is 5.69 Å². The zero-order chi connectivity index (χ0) is 19.8. The summed E-state index contributed by atoms with van der Waals surface area (Å²) in [6.45, 7) is 3.67. The number of hydrazone groups is 1. The van der Waals surface area contributed by atoms with Crippen molar-refractivity contribution >= 4 is 39.8 Å². The highest BCUT2D eigenvalue weighted by Crippen LogP contribution is 2.27. The van der Waals surface area contributed by atoms with E-state index in [9.17, 15) is 14.9 Å². The van der Waals surface area contributed by atoms with Crippen molar-refractivity contribution in [3.05, 3.63) is 73.8 Å². The van der Waals surface area contributed by atoms with Crippen molar-refractivity contribution in [3.63, 3.8) is 0 Å². The maximum absolute atomic E-state index is 11.8. The van der Waals surface area contributed by atoms with Gasteiger partial charge < -0.3 is 4.74 Å². The molecule has 2 aromatic carbocycles. The third-order valence-corrected chi connectivity index (χ3v) is 3.97. The monoisotopic (exact) mass is 431 g/mol. The quantitative estimate of drug-likeness (QED) is 0.404. The van der Waals surface area contributed by atoms with Gasteiger partial charge in [0.25, 0.3) is 11.6 Å². The molecule has 2 aromatic rings. The van der Waals surface area contributed by atoms with E-state index in [4.69, 9.17) is 4.74 Å². The van der Waals surface area contributed by atoms with Crippen LogP contribution in [0.3, 0.4) is 0 Å². The molecule has 0 aliphatic heterocycles. The second kappa shape index (κ2) is 9.63. The van der Waals surface area contributed by atoms with Gasteiger partial charge in [0, 0.05) is 22.8 Å². The van der Waals surface area contributed by atoms with Crippen molar-refractivity contribution in [3.8, 4) is 5.75 Å². The highest BCUT2D eigenvalue weighted by Gasteiger charge is 2.08. The minimum atomic E-state index is -0.455. The Morgan fingerprint density at radius 1 is 1.26 bits per heavy atom.